The van der Waals surface area contributed by atoms with Gasteiger partial charge in [-0.05, 0) is 51.1 Å². The van der Waals surface area contributed by atoms with E-state index in [1.54, 1.807) is 75.2 Å². The molecule has 0 unspecified atom stereocenters. The normalized spacial score (nSPS) is 10.8. The number of amides is 2. The minimum atomic E-state index is -0.749. The minimum Gasteiger partial charge on any atom is -0.489 e. The highest BCUT2D eigenvalue weighted by Gasteiger charge is 2.21. The molecule has 0 aliphatic carbocycles. The number of nitrogens with zero attached hydrogens (tertiary/aromatic N) is 2. The fraction of sp³-hybridized carbons (Fsp3) is 0.286. The Labute approximate surface area is 221 Å². The second kappa shape index (κ2) is 12.6. The van der Waals surface area contributed by atoms with Crippen molar-refractivity contribution in [3.05, 3.63) is 72.1 Å². The molecule has 0 atom stereocenters. The SMILES string of the molecule is COCCOc1cc(NC(=O)OC(C)(C)C)c(NC(=O)CC(=O)c2cccc(C#N)c2)cc1-n1cccc1. The quantitative estimate of drug-likeness (QED) is 0.221. The van der Waals surface area contributed by atoms with Gasteiger partial charge in [-0.3, -0.25) is 14.9 Å². The van der Waals surface area contributed by atoms with Gasteiger partial charge in [0.1, 0.15) is 18.0 Å². The van der Waals surface area contributed by atoms with Crippen LogP contribution in [0, 0.1) is 11.3 Å². The molecule has 0 aliphatic heterocycles. The number of nitrogens with one attached hydrogen (secondary N) is 2. The first kappa shape index (κ1) is 28.0. The van der Waals surface area contributed by atoms with Gasteiger partial charge in [0, 0.05) is 31.1 Å². The third kappa shape index (κ3) is 7.94. The van der Waals surface area contributed by atoms with Crippen LogP contribution < -0.4 is 15.4 Å². The van der Waals surface area contributed by atoms with Crippen LogP contribution in [0.15, 0.2) is 60.9 Å². The van der Waals surface area contributed by atoms with Gasteiger partial charge in [-0.25, -0.2) is 4.79 Å². The predicted molar refractivity (Wildman–Crippen MR) is 142 cm³/mol. The lowest BCUT2D eigenvalue weighted by atomic mass is 10.1. The summed E-state index contributed by atoms with van der Waals surface area (Å²) in [6.45, 7) is 5.79. The predicted octanol–water partition coefficient (Wildman–Crippen LogP) is 4.93. The maximum Gasteiger partial charge on any atom is 0.412 e. The summed E-state index contributed by atoms with van der Waals surface area (Å²) in [5, 5.41) is 14.5. The molecule has 0 bridgehead atoms. The van der Waals surface area contributed by atoms with Crippen LogP contribution >= 0.6 is 0 Å². The van der Waals surface area contributed by atoms with Crippen LogP contribution in [-0.2, 0) is 14.3 Å². The van der Waals surface area contributed by atoms with E-state index in [0.717, 1.165) is 0 Å². The van der Waals surface area contributed by atoms with E-state index in [9.17, 15) is 14.4 Å². The third-order valence-corrected chi connectivity index (χ3v) is 5.07. The molecule has 10 nitrogen and oxygen atoms in total. The number of benzene rings is 2. The number of ketones is 1. The summed E-state index contributed by atoms with van der Waals surface area (Å²) in [5.74, 6) is -0.630. The lowest BCUT2D eigenvalue weighted by Crippen LogP contribution is -2.28. The molecule has 1 aromatic heterocycles. The highest BCUT2D eigenvalue weighted by atomic mass is 16.6. The number of hydrogen-bond donors (Lipinski definition) is 2. The fourth-order valence-electron chi connectivity index (χ4n) is 3.44. The van der Waals surface area contributed by atoms with E-state index in [1.807, 2.05) is 18.2 Å². The zero-order valence-corrected chi connectivity index (χ0v) is 21.7. The number of ether oxygens (including phenoxy) is 3. The van der Waals surface area contributed by atoms with E-state index in [0.29, 0.717) is 23.6 Å². The van der Waals surface area contributed by atoms with Crippen molar-refractivity contribution < 1.29 is 28.6 Å². The van der Waals surface area contributed by atoms with Crippen molar-refractivity contribution in [2.45, 2.75) is 32.8 Å². The average Bonchev–Trinajstić information content (AvgIpc) is 3.39. The lowest BCUT2D eigenvalue weighted by Gasteiger charge is -2.22. The smallest absolute Gasteiger partial charge is 0.412 e. The molecule has 2 aromatic carbocycles. The van der Waals surface area contributed by atoms with Gasteiger partial charge in [0.05, 0.1) is 41.7 Å². The first-order chi connectivity index (χ1) is 18.1. The summed E-state index contributed by atoms with van der Waals surface area (Å²) in [6, 6.07) is 15.0. The van der Waals surface area contributed by atoms with Crippen molar-refractivity contribution in [3.63, 3.8) is 0 Å². The monoisotopic (exact) mass is 518 g/mol. The molecular weight excluding hydrogens is 488 g/mol. The van der Waals surface area contributed by atoms with Crippen molar-refractivity contribution in [2.75, 3.05) is 31.0 Å². The highest BCUT2D eigenvalue weighted by molar-refractivity contribution is 6.12. The Morgan fingerprint density at radius 3 is 2.34 bits per heavy atom. The number of anilines is 2. The van der Waals surface area contributed by atoms with Crippen LogP contribution in [0.3, 0.4) is 0 Å². The maximum absolute atomic E-state index is 12.9. The molecule has 0 fully saturated rings. The second-order valence-corrected chi connectivity index (χ2v) is 9.26. The molecule has 0 spiro atoms. The summed E-state index contributed by atoms with van der Waals surface area (Å²) < 4.78 is 18.1. The van der Waals surface area contributed by atoms with Gasteiger partial charge in [-0.1, -0.05) is 12.1 Å². The molecule has 0 saturated carbocycles. The standard InChI is InChI=1S/C28H30N4O6/c1-28(2,3)38-27(35)31-22-16-25(37-13-12-36-4)23(32-10-5-6-11-32)15-21(22)30-26(34)17-24(33)20-9-7-8-19(14-20)18-29/h5-11,14-16H,12-13,17H2,1-4H3,(H,30,34)(H,31,35). The first-order valence-corrected chi connectivity index (χ1v) is 11.9. The Morgan fingerprint density at radius 2 is 1.68 bits per heavy atom. The number of methoxy groups -OCH3 is 1. The van der Waals surface area contributed by atoms with E-state index in [4.69, 9.17) is 19.5 Å². The van der Waals surface area contributed by atoms with Gasteiger partial charge in [0.25, 0.3) is 0 Å². The molecule has 2 N–H and O–H groups in total. The Bertz CT molecular complexity index is 1340. The van der Waals surface area contributed by atoms with E-state index < -0.39 is 29.8 Å². The molecular formula is C28H30N4O6. The minimum absolute atomic E-state index is 0.217. The van der Waals surface area contributed by atoms with Crippen LogP contribution in [0.25, 0.3) is 5.69 Å². The van der Waals surface area contributed by atoms with E-state index in [1.165, 1.54) is 6.07 Å². The highest BCUT2D eigenvalue weighted by Crippen LogP contribution is 2.35. The van der Waals surface area contributed by atoms with Crippen LogP contribution in [-0.4, -0.2) is 48.3 Å². The molecule has 0 saturated heterocycles. The van der Waals surface area contributed by atoms with Crippen LogP contribution in [0.4, 0.5) is 16.2 Å². The Hall–Kier alpha value is -4.62. The molecule has 198 valence electrons. The molecule has 0 aliphatic rings. The van der Waals surface area contributed by atoms with E-state index in [-0.39, 0.29) is 23.5 Å². The van der Waals surface area contributed by atoms with Gasteiger partial charge < -0.3 is 24.1 Å². The van der Waals surface area contributed by atoms with Gasteiger partial charge in [0.2, 0.25) is 5.91 Å². The van der Waals surface area contributed by atoms with Gasteiger partial charge >= 0.3 is 6.09 Å². The van der Waals surface area contributed by atoms with E-state index >= 15 is 0 Å². The van der Waals surface area contributed by atoms with Gasteiger partial charge in [-0.2, -0.15) is 5.26 Å². The largest absolute Gasteiger partial charge is 0.489 e. The molecule has 0 radical (unpaired) electrons. The van der Waals surface area contributed by atoms with Gasteiger partial charge in [0.15, 0.2) is 5.78 Å². The third-order valence-electron chi connectivity index (χ3n) is 5.07. The lowest BCUT2D eigenvalue weighted by molar-refractivity contribution is -0.115. The number of nitriles is 1. The average molecular weight is 519 g/mol. The van der Waals surface area contributed by atoms with Crippen molar-refractivity contribution in [2.24, 2.45) is 0 Å². The zero-order valence-electron chi connectivity index (χ0n) is 21.7. The molecule has 2 amide bonds. The molecule has 3 rings (SSSR count). The maximum atomic E-state index is 12.9. The number of aromatic nitrogens is 1. The van der Waals surface area contributed by atoms with E-state index in [2.05, 4.69) is 10.6 Å². The summed E-state index contributed by atoms with van der Waals surface area (Å²) >= 11 is 0. The molecule has 1 heterocycles. The Kier molecular flexibility index (Phi) is 9.24. The number of rotatable bonds is 10. The van der Waals surface area contributed by atoms with Crippen LogP contribution in [0.1, 0.15) is 43.1 Å². The summed E-state index contributed by atoms with van der Waals surface area (Å²) in [6.07, 6.45) is 2.41. The van der Waals surface area contributed by atoms with Crippen LogP contribution in [0.5, 0.6) is 5.75 Å². The van der Waals surface area contributed by atoms with Crippen molar-refractivity contribution in [1.29, 1.82) is 5.26 Å². The van der Waals surface area contributed by atoms with Crippen LogP contribution in [0.2, 0.25) is 0 Å². The number of carbonyl (C=O) groups excluding carboxylic acids is 3. The fourth-order valence-corrected chi connectivity index (χ4v) is 3.44. The summed E-state index contributed by atoms with van der Waals surface area (Å²) in [5.41, 5.74) is 0.865. The molecule has 3 aromatic rings. The molecule has 38 heavy (non-hydrogen) atoms. The Balaban J connectivity index is 1.93. The number of hydrogen-bond acceptors (Lipinski definition) is 7. The van der Waals surface area contributed by atoms with Crippen molar-refractivity contribution in [1.82, 2.24) is 4.57 Å². The first-order valence-electron chi connectivity index (χ1n) is 11.9. The summed E-state index contributed by atoms with van der Waals surface area (Å²) in [4.78, 5) is 38.2. The number of carbonyl (C=O) groups is 3. The molecule has 10 heteroatoms. The number of Topliss-reactive ketones (excluding diaryl/α,β-unsaturated/α-hetero) is 1. The van der Waals surface area contributed by atoms with Crippen molar-refractivity contribution in [3.8, 4) is 17.5 Å². The van der Waals surface area contributed by atoms with Crippen molar-refractivity contribution >= 4 is 29.2 Å². The zero-order chi connectivity index (χ0) is 27.7. The van der Waals surface area contributed by atoms with Gasteiger partial charge in [-0.15, -0.1) is 0 Å². The second-order valence-electron chi connectivity index (χ2n) is 9.26. The summed E-state index contributed by atoms with van der Waals surface area (Å²) in [7, 11) is 1.56. The topological polar surface area (TPSA) is 132 Å². The Morgan fingerprint density at radius 1 is 0.974 bits per heavy atom.